The highest BCUT2D eigenvalue weighted by Crippen LogP contribution is 2.05. The highest BCUT2D eigenvalue weighted by atomic mass is 79.9. The fourth-order valence-corrected chi connectivity index (χ4v) is 0.831. The molecule has 0 aliphatic rings. The number of anilines is 1. The van der Waals surface area contributed by atoms with E-state index in [0.717, 1.165) is 10.4 Å². The lowest BCUT2D eigenvalue weighted by atomic mass is 10.5. The molecule has 4 heteroatoms. The Bertz CT molecular complexity index is 296. The van der Waals surface area contributed by atoms with Crippen molar-refractivity contribution < 1.29 is 0 Å². The van der Waals surface area contributed by atoms with Crippen LogP contribution in [0.15, 0.2) is 17.0 Å². The summed E-state index contributed by atoms with van der Waals surface area (Å²) in [4.78, 5) is 8.06. The number of nitrogens with zero attached hydrogens (tertiary/aromatic N) is 2. The Morgan fingerprint density at radius 2 is 2.33 bits per heavy atom. The molecule has 0 aliphatic carbocycles. The molecule has 1 rings (SSSR count). The summed E-state index contributed by atoms with van der Waals surface area (Å²) >= 11 is 3.20. The number of hydrogen-bond donors (Lipinski definition) is 1. The minimum absolute atomic E-state index is 0.604. The molecule has 0 atom stereocenters. The molecule has 0 fully saturated rings. The van der Waals surface area contributed by atoms with Gasteiger partial charge in [-0.3, -0.25) is 0 Å². The molecule has 1 aromatic heterocycles. The molecule has 3 nitrogen and oxygen atoms in total. The van der Waals surface area contributed by atoms with Crippen molar-refractivity contribution in [3.63, 3.8) is 0 Å². The summed E-state index contributed by atoms with van der Waals surface area (Å²) in [7, 11) is 0. The fourth-order valence-electron chi connectivity index (χ4n) is 0.627. The van der Waals surface area contributed by atoms with Crippen molar-refractivity contribution in [1.82, 2.24) is 9.97 Å². The van der Waals surface area contributed by atoms with Crippen LogP contribution >= 0.6 is 15.9 Å². The van der Waals surface area contributed by atoms with E-state index in [0.29, 0.717) is 6.54 Å². The van der Waals surface area contributed by atoms with Gasteiger partial charge in [-0.2, -0.15) is 0 Å². The van der Waals surface area contributed by atoms with Gasteiger partial charge >= 0.3 is 0 Å². The second kappa shape index (κ2) is 4.73. The van der Waals surface area contributed by atoms with Gasteiger partial charge in [0, 0.05) is 0 Å². The standard InChI is InChI=1S/C8H8BrN3/c1-2-3-4-10-8-6-11-7(9)5-12-8/h5-6H,4H2,1H3,(H,10,12). The van der Waals surface area contributed by atoms with E-state index in [9.17, 15) is 0 Å². The van der Waals surface area contributed by atoms with E-state index in [1.807, 2.05) is 0 Å². The molecular weight excluding hydrogens is 218 g/mol. The predicted octanol–water partition coefficient (Wildman–Crippen LogP) is 1.67. The Kier molecular flexibility index (Phi) is 3.55. The van der Waals surface area contributed by atoms with Crippen LogP contribution in [0.1, 0.15) is 6.92 Å². The summed E-state index contributed by atoms with van der Waals surface area (Å²) < 4.78 is 0.731. The quantitative estimate of drug-likeness (QED) is 0.779. The van der Waals surface area contributed by atoms with Gasteiger partial charge in [-0.05, 0) is 22.9 Å². The van der Waals surface area contributed by atoms with Gasteiger partial charge in [0.2, 0.25) is 0 Å². The van der Waals surface area contributed by atoms with Gasteiger partial charge in [0.15, 0.2) is 0 Å². The molecule has 0 spiro atoms. The average Bonchev–Trinajstić information content (AvgIpc) is 2.09. The topological polar surface area (TPSA) is 37.8 Å². The Hall–Kier alpha value is -1.08. The Morgan fingerprint density at radius 3 is 2.92 bits per heavy atom. The Labute approximate surface area is 79.7 Å². The normalized spacial score (nSPS) is 8.50. The molecule has 0 saturated carbocycles. The van der Waals surface area contributed by atoms with E-state index in [1.54, 1.807) is 19.3 Å². The largest absolute Gasteiger partial charge is 0.358 e. The average molecular weight is 226 g/mol. The Morgan fingerprint density at radius 1 is 1.50 bits per heavy atom. The van der Waals surface area contributed by atoms with E-state index in [1.165, 1.54) is 0 Å². The van der Waals surface area contributed by atoms with E-state index in [4.69, 9.17) is 0 Å². The van der Waals surface area contributed by atoms with Crippen molar-refractivity contribution in [2.45, 2.75) is 6.92 Å². The summed E-state index contributed by atoms with van der Waals surface area (Å²) in [6, 6.07) is 0. The molecule has 12 heavy (non-hydrogen) atoms. The molecule has 0 saturated heterocycles. The van der Waals surface area contributed by atoms with Gasteiger partial charge in [0.1, 0.15) is 10.4 Å². The molecule has 0 bridgehead atoms. The highest BCUT2D eigenvalue weighted by Gasteiger charge is 1.91. The van der Waals surface area contributed by atoms with Gasteiger partial charge in [-0.25, -0.2) is 9.97 Å². The lowest BCUT2D eigenvalue weighted by molar-refractivity contribution is 1.14. The summed E-state index contributed by atoms with van der Waals surface area (Å²) in [5, 5.41) is 3.00. The lowest BCUT2D eigenvalue weighted by Crippen LogP contribution is -2.00. The second-order valence-corrected chi connectivity index (χ2v) is 2.82. The van der Waals surface area contributed by atoms with Crippen LogP contribution in [0.3, 0.4) is 0 Å². The monoisotopic (exact) mass is 225 g/mol. The number of halogens is 1. The molecular formula is C8H8BrN3. The first-order valence-corrected chi connectivity index (χ1v) is 4.23. The maximum absolute atomic E-state index is 4.06. The first-order chi connectivity index (χ1) is 5.83. The zero-order valence-corrected chi connectivity index (χ0v) is 8.22. The van der Waals surface area contributed by atoms with Crippen LogP contribution in [0.5, 0.6) is 0 Å². The van der Waals surface area contributed by atoms with Crippen molar-refractivity contribution in [1.29, 1.82) is 0 Å². The number of aromatic nitrogens is 2. The third-order valence-corrected chi connectivity index (χ3v) is 1.56. The minimum atomic E-state index is 0.604. The third-order valence-electron chi connectivity index (χ3n) is 1.16. The van der Waals surface area contributed by atoms with Gasteiger partial charge in [0.05, 0.1) is 18.9 Å². The molecule has 1 N–H and O–H groups in total. The van der Waals surface area contributed by atoms with Crippen molar-refractivity contribution in [2.75, 3.05) is 11.9 Å². The molecule has 0 unspecified atom stereocenters. The summed E-state index contributed by atoms with van der Waals surface area (Å²) in [5.74, 6) is 6.39. The zero-order chi connectivity index (χ0) is 8.81. The zero-order valence-electron chi connectivity index (χ0n) is 6.63. The molecule has 0 aliphatic heterocycles. The molecule has 0 aromatic carbocycles. The highest BCUT2D eigenvalue weighted by molar-refractivity contribution is 9.10. The van der Waals surface area contributed by atoms with Crippen LogP contribution in [0.25, 0.3) is 0 Å². The van der Waals surface area contributed by atoms with Gasteiger partial charge < -0.3 is 5.32 Å². The van der Waals surface area contributed by atoms with E-state index >= 15 is 0 Å². The van der Waals surface area contributed by atoms with Crippen LogP contribution in [-0.4, -0.2) is 16.5 Å². The first-order valence-electron chi connectivity index (χ1n) is 3.44. The molecule has 1 aromatic rings. The van der Waals surface area contributed by atoms with Gasteiger partial charge in [-0.1, -0.05) is 5.92 Å². The number of nitrogens with one attached hydrogen (secondary N) is 1. The molecule has 62 valence electrons. The van der Waals surface area contributed by atoms with E-state index < -0.39 is 0 Å². The fraction of sp³-hybridized carbons (Fsp3) is 0.250. The summed E-state index contributed by atoms with van der Waals surface area (Å²) in [5.41, 5.74) is 0. The van der Waals surface area contributed by atoms with Crippen molar-refractivity contribution >= 4 is 21.7 Å². The maximum atomic E-state index is 4.06. The van der Waals surface area contributed by atoms with Crippen LogP contribution in [0.2, 0.25) is 0 Å². The number of rotatable bonds is 2. The Balaban J connectivity index is 2.51. The van der Waals surface area contributed by atoms with Crippen LogP contribution in [0.4, 0.5) is 5.82 Å². The summed E-state index contributed by atoms with van der Waals surface area (Å²) in [6.45, 7) is 2.40. The second-order valence-electron chi connectivity index (χ2n) is 2.00. The van der Waals surface area contributed by atoms with E-state index in [-0.39, 0.29) is 0 Å². The van der Waals surface area contributed by atoms with Crippen molar-refractivity contribution in [2.24, 2.45) is 0 Å². The van der Waals surface area contributed by atoms with Crippen molar-refractivity contribution in [3.8, 4) is 11.8 Å². The minimum Gasteiger partial charge on any atom is -0.358 e. The van der Waals surface area contributed by atoms with Crippen LogP contribution < -0.4 is 5.32 Å². The third kappa shape index (κ3) is 2.89. The van der Waals surface area contributed by atoms with Gasteiger partial charge in [-0.15, -0.1) is 5.92 Å². The molecule has 0 amide bonds. The first kappa shape index (κ1) is 9.01. The van der Waals surface area contributed by atoms with Crippen LogP contribution in [0, 0.1) is 11.8 Å². The molecule has 1 heterocycles. The summed E-state index contributed by atoms with van der Waals surface area (Å²) in [6.07, 6.45) is 3.29. The maximum Gasteiger partial charge on any atom is 0.145 e. The smallest absolute Gasteiger partial charge is 0.145 e. The predicted molar refractivity (Wildman–Crippen MR) is 51.7 cm³/mol. The van der Waals surface area contributed by atoms with Gasteiger partial charge in [0.25, 0.3) is 0 Å². The molecule has 0 radical (unpaired) electrons. The van der Waals surface area contributed by atoms with E-state index in [2.05, 4.69) is 43.1 Å². The SMILES string of the molecule is CC#CCNc1cnc(Br)cn1. The van der Waals surface area contributed by atoms with Crippen molar-refractivity contribution in [3.05, 3.63) is 17.0 Å². The van der Waals surface area contributed by atoms with Crippen LogP contribution in [-0.2, 0) is 0 Å². The number of hydrogen-bond acceptors (Lipinski definition) is 3. The lowest BCUT2D eigenvalue weighted by Gasteiger charge is -1.98.